The van der Waals surface area contributed by atoms with Crippen molar-refractivity contribution >= 4 is 33.5 Å². The van der Waals surface area contributed by atoms with Crippen LogP contribution in [0.25, 0.3) is 21.9 Å². The lowest BCUT2D eigenvalue weighted by Gasteiger charge is -2.09. The van der Waals surface area contributed by atoms with E-state index in [1.54, 1.807) is 0 Å². The molecule has 132 valence electrons. The summed E-state index contributed by atoms with van der Waals surface area (Å²) in [5.74, 6) is 0. The highest BCUT2D eigenvalue weighted by Crippen LogP contribution is 2.21. The molecular weight excluding hydrogens is 332 g/mol. The number of para-hydroxylation sites is 1. The van der Waals surface area contributed by atoms with Crippen LogP contribution in [0.2, 0.25) is 0 Å². The molecule has 2 aromatic carbocycles. The van der Waals surface area contributed by atoms with Crippen LogP contribution in [0.1, 0.15) is 51.0 Å². The molecule has 1 aromatic heterocycles. The van der Waals surface area contributed by atoms with Crippen LogP contribution >= 0.6 is 11.6 Å². The van der Waals surface area contributed by atoms with Crippen molar-refractivity contribution in [2.75, 3.05) is 0 Å². The number of fused-ring (bicyclic) bond motifs is 2. The van der Waals surface area contributed by atoms with Crippen molar-refractivity contribution in [2.24, 2.45) is 0 Å². The highest BCUT2D eigenvalue weighted by molar-refractivity contribution is 6.20. The number of aryl methyl sites for hydroxylation is 1. The Hall–Kier alpha value is -1.80. The minimum atomic E-state index is 0.0495. The maximum absolute atomic E-state index is 12.7. The molecule has 0 amide bonds. The predicted molar refractivity (Wildman–Crippen MR) is 107 cm³/mol. The van der Waals surface area contributed by atoms with Crippen molar-refractivity contribution in [1.29, 1.82) is 0 Å². The molecule has 25 heavy (non-hydrogen) atoms. The average Bonchev–Trinajstić information content (AvgIpc) is 2.63. The Morgan fingerprint density at radius 2 is 1.72 bits per heavy atom. The Kier molecular flexibility index (Phi) is 6.14. The van der Waals surface area contributed by atoms with E-state index in [0.717, 1.165) is 25.7 Å². The molecule has 3 aromatic rings. The zero-order valence-electron chi connectivity index (χ0n) is 14.8. The van der Waals surface area contributed by atoms with Gasteiger partial charge in [0.05, 0.1) is 10.8 Å². The molecule has 0 aliphatic heterocycles. The van der Waals surface area contributed by atoms with E-state index in [4.69, 9.17) is 16.0 Å². The van der Waals surface area contributed by atoms with Gasteiger partial charge in [-0.1, -0.05) is 44.4 Å². The molecule has 1 heterocycles. The zero-order chi connectivity index (χ0) is 17.6. The topological polar surface area (TPSA) is 30.2 Å². The van der Waals surface area contributed by atoms with E-state index >= 15 is 0 Å². The molecular formula is C22H25ClO2. The van der Waals surface area contributed by atoms with E-state index in [1.165, 1.54) is 24.8 Å². The number of hydrogen-bond donors (Lipinski definition) is 0. The maximum Gasteiger partial charge on any atom is 0.200 e. The fourth-order valence-corrected chi connectivity index (χ4v) is 3.60. The maximum atomic E-state index is 12.7. The molecule has 0 aliphatic carbocycles. The van der Waals surface area contributed by atoms with Crippen molar-refractivity contribution in [1.82, 2.24) is 0 Å². The monoisotopic (exact) mass is 356 g/mol. The Bertz CT molecular complexity index is 897. The van der Waals surface area contributed by atoms with Crippen LogP contribution < -0.4 is 5.43 Å². The van der Waals surface area contributed by atoms with E-state index < -0.39 is 0 Å². The highest BCUT2D eigenvalue weighted by Gasteiger charge is 2.09. The van der Waals surface area contributed by atoms with Gasteiger partial charge in [0.1, 0.15) is 11.2 Å². The third-order valence-electron chi connectivity index (χ3n) is 4.74. The van der Waals surface area contributed by atoms with Crippen molar-refractivity contribution in [3.05, 3.63) is 58.3 Å². The number of alkyl halides is 1. The van der Waals surface area contributed by atoms with Gasteiger partial charge in [0.25, 0.3) is 0 Å². The molecule has 1 unspecified atom stereocenters. The Morgan fingerprint density at radius 3 is 2.56 bits per heavy atom. The van der Waals surface area contributed by atoms with Gasteiger partial charge < -0.3 is 4.42 Å². The van der Waals surface area contributed by atoms with E-state index in [-0.39, 0.29) is 10.8 Å². The number of rotatable bonds is 8. The van der Waals surface area contributed by atoms with Gasteiger partial charge >= 0.3 is 0 Å². The lowest BCUT2D eigenvalue weighted by atomic mass is 10.0. The molecule has 3 heteroatoms. The van der Waals surface area contributed by atoms with Crippen LogP contribution in [0.3, 0.4) is 0 Å². The number of halogens is 1. The summed E-state index contributed by atoms with van der Waals surface area (Å²) in [6.45, 7) is 2.21. The van der Waals surface area contributed by atoms with Gasteiger partial charge in [-0.25, -0.2) is 0 Å². The summed E-state index contributed by atoms with van der Waals surface area (Å²) in [7, 11) is 0. The van der Waals surface area contributed by atoms with Gasteiger partial charge in [-0.3, -0.25) is 4.79 Å². The fourth-order valence-electron chi connectivity index (χ4n) is 3.29. The summed E-state index contributed by atoms with van der Waals surface area (Å²) in [6.07, 6.45) is 7.83. The minimum absolute atomic E-state index is 0.0495. The van der Waals surface area contributed by atoms with Crippen LogP contribution in [0, 0.1) is 0 Å². The first kappa shape index (κ1) is 18.0. The molecule has 1 atom stereocenters. The van der Waals surface area contributed by atoms with E-state index in [9.17, 15) is 4.79 Å². The minimum Gasteiger partial charge on any atom is -0.456 e. The van der Waals surface area contributed by atoms with Gasteiger partial charge in [0.15, 0.2) is 0 Å². The first-order valence-electron chi connectivity index (χ1n) is 9.27. The SMILES string of the molecule is CCCCCC(Cl)CCCc1ccc2oc3ccccc3c(=O)c2c1. The van der Waals surface area contributed by atoms with Crippen molar-refractivity contribution in [3.8, 4) is 0 Å². The molecule has 0 spiro atoms. The van der Waals surface area contributed by atoms with Crippen LogP contribution in [-0.4, -0.2) is 5.38 Å². The smallest absolute Gasteiger partial charge is 0.200 e. The van der Waals surface area contributed by atoms with Crippen LogP contribution in [0.15, 0.2) is 51.7 Å². The third kappa shape index (κ3) is 4.43. The molecule has 0 fully saturated rings. The average molecular weight is 357 g/mol. The first-order valence-corrected chi connectivity index (χ1v) is 9.71. The van der Waals surface area contributed by atoms with E-state index in [0.29, 0.717) is 21.9 Å². The fraction of sp³-hybridized carbons (Fsp3) is 0.409. The summed E-state index contributed by atoms with van der Waals surface area (Å²) >= 11 is 6.40. The predicted octanol–water partition coefficient (Wildman–Crippen LogP) is 6.46. The van der Waals surface area contributed by atoms with Gasteiger partial charge in [0, 0.05) is 5.38 Å². The van der Waals surface area contributed by atoms with Crippen molar-refractivity contribution in [3.63, 3.8) is 0 Å². The van der Waals surface area contributed by atoms with Gasteiger partial charge in [-0.15, -0.1) is 11.6 Å². The van der Waals surface area contributed by atoms with Gasteiger partial charge in [0.2, 0.25) is 5.43 Å². The molecule has 0 N–H and O–H groups in total. The largest absolute Gasteiger partial charge is 0.456 e. The zero-order valence-corrected chi connectivity index (χ0v) is 15.5. The Labute approximate surface area is 153 Å². The second-order valence-electron chi connectivity index (χ2n) is 6.74. The van der Waals surface area contributed by atoms with Gasteiger partial charge in [-0.2, -0.15) is 0 Å². The first-order chi connectivity index (χ1) is 12.2. The molecule has 2 nitrogen and oxygen atoms in total. The second-order valence-corrected chi connectivity index (χ2v) is 7.36. The van der Waals surface area contributed by atoms with Crippen LogP contribution in [0.4, 0.5) is 0 Å². The molecule has 0 saturated carbocycles. The summed E-state index contributed by atoms with van der Waals surface area (Å²) in [6, 6.07) is 13.4. The van der Waals surface area contributed by atoms with Crippen molar-refractivity contribution in [2.45, 2.75) is 57.2 Å². The number of unbranched alkanes of at least 4 members (excludes halogenated alkanes) is 2. The molecule has 0 radical (unpaired) electrons. The molecule has 3 rings (SSSR count). The van der Waals surface area contributed by atoms with Crippen LogP contribution in [0.5, 0.6) is 0 Å². The van der Waals surface area contributed by atoms with Crippen LogP contribution in [-0.2, 0) is 6.42 Å². The molecule has 0 aliphatic rings. The quantitative estimate of drug-likeness (QED) is 0.263. The standard InChI is InChI=1S/C22H25ClO2/c1-2-3-4-9-17(23)10-7-8-16-13-14-21-19(15-16)22(24)18-11-5-6-12-20(18)25-21/h5-6,11-15,17H,2-4,7-10H2,1H3. The Morgan fingerprint density at radius 1 is 0.960 bits per heavy atom. The van der Waals surface area contributed by atoms with E-state index in [2.05, 4.69) is 13.0 Å². The number of hydrogen-bond acceptors (Lipinski definition) is 2. The molecule has 0 bridgehead atoms. The summed E-state index contributed by atoms with van der Waals surface area (Å²) in [5.41, 5.74) is 2.52. The summed E-state index contributed by atoms with van der Waals surface area (Å²) in [4.78, 5) is 12.7. The lowest BCUT2D eigenvalue weighted by molar-refractivity contribution is 0.596. The molecule has 0 saturated heterocycles. The lowest BCUT2D eigenvalue weighted by Crippen LogP contribution is -2.03. The highest BCUT2D eigenvalue weighted by atomic mass is 35.5. The second kappa shape index (κ2) is 8.53. The summed E-state index contributed by atoms with van der Waals surface area (Å²) in [5, 5.41) is 1.58. The van der Waals surface area contributed by atoms with Gasteiger partial charge in [-0.05, 0) is 55.5 Å². The number of benzene rings is 2. The van der Waals surface area contributed by atoms with Crippen molar-refractivity contribution < 1.29 is 4.42 Å². The Balaban J connectivity index is 1.70. The third-order valence-corrected chi connectivity index (χ3v) is 5.18. The van der Waals surface area contributed by atoms with E-state index in [1.807, 2.05) is 36.4 Å². The normalized spacial score (nSPS) is 12.7. The summed E-state index contributed by atoms with van der Waals surface area (Å²) < 4.78 is 5.86.